The summed E-state index contributed by atoms with van der Waals surface area (Å²) < 4.78 is 0. The number of hydrogen-bond acceptors (Lipinski definition) is 7. The summed E-state index contributed by atoms with van der Waals surface area (Å²) >= 11 is 0. The van der Waals surface area contributed by atoms with Crippen molar-refractivity contribution in [2.45, 2.75) is 70.8 Å². The average Bonchev–Trinajstić information content (AvgIpc) is 2.85. The topological polar surface area (TPSA) is 124 Å². The summed E-state index contributed by atoms with van der Waals surface area (Å²) in [6, 6.07) is 3.12. The van der Waals surface area contributed by atoms with E-state index in [0.29, 0.717) is 6.42 Å². The summed E-state index contributed by atoms with van der Waals surface area (Å²) in [5.74, 6) is -0.0463. The molecule has 10 heteroatoms. The molecule has 3 heterocycles. The second-order valence-electron chi connectivity index (χ2n) is 9.70. The van der Waals surface area contributed by atoms with Crippen LogP contribution >= 0.6 is 0 Å². The minimum atomic E-state index is -0.653. The minimum Gasteiger partial charge on any atom is -0.356 e. The van der Waals surface area contributed by atoms with Crippen LogP contribution in [0.5, 0.6) is 0 Å². The van der Waals surface area contributed by atoms with Crippen molar-refractivity contribution in [3.8, 4) is 0 Å². The van der Waals surface area contributed by atoms with Gasteiger partial charge in [-0.25, -0.2) is 4.98 Å². The number of anilines is 1. The first-order chi connectivity index (χ1) is 17.4. The van der Waals surface area contributed by atoms with Gasteiger partial charge < -0.3 is 15.5 Å². The molecule has 0 aromatic carbocycles. The SMILES string of the molecule is CC(=O)NCCCCCCCCN1CCN(c2cc(CC(=O)NC3CCC(=O)NC3=O)ccn2)CC1. The fourth-order valence-corrected chi connectivity index (χ4v) is 4.64. The van der Waals surface area contributed by atoms with E-state index in [9.17, 15) is 19.2 Å². The third-order valence-corrected chi connectivity index (χ3v) is 6.72. The number of nitrogens with zero attached hydrogens (tertiary/aromatic N) is 3. The lowest BCUT2D eigenvalue weighted by atomic mass is 10.1. The maximum absolute atomic E-state index is 12.4. The maximum atomic E-state index is 12.4. The number of hydrogen-bond donors (Lipinski definition) is 3. The molecule has 2 aliphatic heterocycles. The molecule has 0 spiro atoms. The number of rotatable bonds is 13. The Morgan fingerprint density at radius 1 is 1.06 bits per heavy atom. The molecule has 1 atom stereocenters. The number of nitrogens with one attached hydrogen (secondary N) is 3. The van der Waals surface area contributed by atoms with Crippen LogP contribution < -0.4 is 20.9 Å². The molecule has 198 valence electrons. The Morgan fingerprint density at radius 3 is 2.50 bits per heavy atom. The van der Waals surface area contributed by atoms with E-state index in [4.69, 9.17) is 0 Å². The Morgan fingerprint density at radius 2 is 1.78 bits per heavy atom. The zero-order valence-corrected chi connectivity index (χ0v) is 21.4. The molecule has 3 N–H and O–H groups in total. The monoisotopic (exact) mass is 500 g/mol. The molecule has 0 bridgehead atoms. The molecule has 1 aromatic heterocycles. The highest BCUT2D eigenvalue weighted by molar-refractivity contribution is 6.01. The number of piperazine rings is 1. The Bertz CT molecular complexity index is 900. The van der Waals surface area contributed by atoms with Crippen molar-refractivity contribution >= 4 is 29.4 Å². The number of piperidine rings is 1. The highest BCUT2D eigenvalue weighted by Crippen LogP contribution is 2.16. The van der Waals surface area contributed by atoms with Crippen LogP contribution in [-0.2, 0) is 25.6 Å². The van der Waals surface area contributed by atoms with Crippen LogP contribution in [0.3, 0.4) is 0 Å². The first-order valence-electron chi connectivity index (χ1n) is 13.2. The molecular formula is C26H40N6O4. The fourth-order valence-electron chi connectivity index (χ4n) is 4.64. The highest BCUT2D eigenvalue weighted by atomic mass is 16.2. The number of pyridine rings is 1. The van der Waals surface area contributed by atoms with Gasteiger partial charge in [0.05, 0.1) is 6.42 Å². The van der Waals surface area contributed by atoms with Gasteiger partial charge in [0.25, 0.3) is 0 Å². The third-order valence-electron chi connectivity index (χ3n) is 6.72. The normalized spacial score (nSPS) is 18.6. The van der Waals surface area contributed by atoms with Crippen molar-refractivity contribution in [1.29, 1.82) is 0 Å². The first kappa shape index (κ1) is 27.6. The molecule has 2 aliphatic rings. The van der Waals surface area contributed by atoms with Gasteiger partial charge in [-0.2, -0.15) is 0 Å². The van der Waals surface area contributed by atoms with Crippen molar-refractivity contribution < 1.29 is 19.2 Å². The van der Waals surface area contributed by atoms with Gasteiger partial charge in [0, 0.05) is 52.3 Å². The van der Waals surface area contributed by atoms with Crippen molar-refractivity contribution in [1.82, 2.24) is 25.8 Å². The number of imide groups is 1. The van der Waals surface area contributed by atoms with Gasteiger partial charge in [-0.05, 0) is 43.5 Å². The Labute approximate surface area is 213 Å². The molecule has 4 amide bonds. The molecule has 0 saturated carbocycles. The molecule has 36 heavy (non-hydrogen) atoms. The summed E-state index contributed by atoms with van der Waals surface area (Å²) in [4.78, 5) is 55.7. The lowest BCUT2D eigenvalue weighted by molar-refractivity contribution is -0.137. The van der Waals surface area contributed by atoms with Crippen LogP contribution in [0.2, 0.25) is 0 Å². The summed E-state index contributed by atoms with van der Waals surface area (Å²) in [6.45, 7) is 7.27. The molecule has 2 saturated heterocycles. The smallest absolute Gasteiger partial charge is 0.249 e. The van der Waals surface area contributed by atoms with Crippen LogP contribution in [0.4, 0.5) is 5.82 Å². The average molecular weight is 501 g/mol. The summed E-state index contributed by atoms with van der Waals surface area (Å²) in [6.07, 6.45) is 9.62. The van der Waals surface area contributed by atoms with Crippen LogP contribution in [-0.4, -0.2) is 78.8 Å². The lowest BCUT2D eigenvalue weighted by Gasteiger charge is -2.35. The van der Waals surface area contributed by atoms with Crippen LogP contribution in [0.25, 0.3) is 0 Å². The van der Waals surface area contributed by atoms with Crippen LogP contribution in [0, 0.1) is 0 Å². The molecule has 1 unspecified atom stereocenters. The summed E-state index contributed by atoms with van der Waals surface area (Å²) in [5.41, 5.74) is 0.851. The number of carbonyl (C=O) groups is 4. The summed E-state index contributed by atoms with van der Waals surface area (Å²) in [7, 11) is 0. The largest absolute Gasteiger partial charge is 0.356 e. The second kappa shape index (κ2) is 14.5. The Hall–Kier alpha value is -3.01. The van der Waals surface area contributed by atoms with E-state index in [0.717, 1.165) is 57.1 Å². The van der Waals surface area contributed by atoms with E-state index in [-0.39, 0.29) is 30.6 Å². The molecule has 2 fully saturated rings. The Balaban J connectivity index is 1.31. The van der Waals surface area contributed by atoms with Gasteiger partial charge in [-0.15, -0.1) is 0 Å². The molecule has 1 aromatic rings. The van der Waals surface area contributed by atoms with Gasteiger partial charge >= 0.3 is 0 Å². The maximum Gasteiger partial charge on any atom is 0.249 e. The van der Waals surface area contributed by atoms with Crippen molar-refractivity contribution in [2.75, 3.05) is 44.2 Å². The van der Waals surface area contributed by atoms with Crippen molar-refractivity contribution in [2.24, 2.45) is 0 Å². The van der Waals surface area contributed by atoms with Crippen LogP contribution in [0.1, 0.15) is 63.9 Å². The van der Waals surface area contributed by atoms with Crippen molar-refractivity contribution in [3.63, 3.8) is 0 Å². The van der Waals surface area contributed by atoms with E-state index < -0.39 is 11.9 Å². The van der Waals surface area contributed by atoms with Crippen LogP contribution in [0.15, 0.2) is 18.3 Å². The Kier molecular flexibility index (Phi) is 11.1. The molecule has 0 radical (unpaired) electrons. The summed E-state index contributed by atoms with van der Waals surface area (Å²) in [5, 5.41) is 7.83. The fraction of sp³-hybridized carbons (Fsp3) is 0.654. The first-order valence-corrected chi connectivity index (χ1v) is 13.2. The number of amides is 4. The van der Waals surface area contributed by atoms with Crippen molar-refractivity contribution in [3.05, 3.63) is 23.9 Å². The van der Waals surface area contributed by atoms with E-state index in [1.54, 1.807) is 13.1 Å². The van der Waals surface area contributed by atoms with Gasteiger partial charge in [0.1, 0.15) is 11.9 Å². The predicted octanol–water partition coefficient (Wildman–Crippen LogP) is 1.14. The molecule has 3 rings (SSSR count). The third kappa shape index (κ3) is 9.56. The second-order valence-corrected chi connectivity index (χ2v) is 9.70. The van der Waals surface area contributed by atoms with E-state index in [1.165, 1.54) is 32.1 Å². The zero-order valence-electron chi connectivity index (χ0n) is 21.4. The highest BCUT2D eigenvalue weighted by Gasteiger charge is 2.27. The van der Waals surface area contributed by atoms with E-state index in [1.807, 2.05) is 12.1 Å². The van der Waals surface area contributed by atoms with E-state index in [2.05, 4.69) is 30.7 Å². The van der Waals surface area contributed by atoms with E-state index >= 15 is 0 Å². The predicted molar refractivity (Wildman–Crippen MR) is 137 cm³/mol. The standard InChI is InChI=1S/C26H40N6O4/c1-20(33)27-11-6-4-2-3-5-7-13-31-14-16-32(17-15-31)23-18-21(10-12-28-23)19-25(35)29-22-8-9-24(34)30-26(22)36/h10,12,18,22H,2-9,11,13-17,19H2,1H3,(H,27,33)(H,29,35)(H,30,34,36). The molecule has 10 nitrogen and oxygen atoms in total. The van der Waals surface area contributed by atoms with Gasteiger partial charge in [0.2, 0.25) is 23.6 Å². The molecule has 0 aliphatic carbocycles. The van der Waals surface area contributed by atoms with Gasteiger partial charge in [-0.3, -0.25) is 29.4 Å². The molecular weight excluding hydrogens is 460 g/mol. The van der Waals surface area contributed by atoms with Gasteiger partial charge in [-0.1, -0.05) is 25.7 Å². The number of carbonyl (C=O) groups excluding carboxylic acids is 4. The lowest BCUT2D eigenvalue weighted by Crippen LogP contribution is -2.52. The number of aromatic nitrogens is 1. The zero-order chi connectivity index (χ0) is 25.8. The quantitative estimate of drug-likeness (QED) is 0.274. The minimum absolute atomic E-state index is 0.0491. The van der Waals surface area contributed by atoms with Gasteiger partial charge in [0.15, 0.2) is 0 Å². The number of unbranched alkanes of at least 4 members (excludes halogenated alkanes) is 5.